The molecule has 102 valence electrons. The highest BCUT2D eigenvalue weighted by atomic mass is 15.0. The summed E-state index contributed by atoms with van der Waals surface area (Å²) in [5, 5.41) is 7.38. The molecule has 0 saturated heterocycles. The molecule has 1 atom stereocenters. The minimum atomic E-state index is 0.594. The van der Waals surface area contributed by atoms with Gasteiger partial charge in [-0.25, -0.2) is 0 Å². The molecule has 1 aliphatic heterocycles. The van der Waals surface area contributed by atoms with Crippen LogP contribution in [0.3, 0.4) is 0 Å². The molecule has 0 spiro atoms. The largest absolute Gasteiger partial charge is 0.380 e. The summed E-state index contributed by atoms with van der Waals surface area (Å²) in [6, 6.07) is 9.31. The van der Waals surface area contributed by atoms with Crippen LogP contribution in [0.2, 0.25) is 0 Å². The second-order valence-corrected chi connectivity index (χ2v) is 6.70. The van der Waals surface area contributed by atoms with Gasteiger partial charge < -0.3 is 10.6 Å². The SMILES string of the molecule is c1ccc2c(c1)CC(CNCC(C1CC1)C1CC1)N2. The normalized spacial score (nSPS) is 25.4. The Morgan fingerprint density at radius 3 is 2.53 bits per heavy atom. The molecular formula is C17H24N2. The first-order valence-electron chi connectivity index (χ1n) is 7.95. The number of benzene rings is 1. The van der Waals surface area contributed by atoms with Crippen LogP contribution in [0.1, 0.15) is 31.2 Å². The Kier molecular flexibility index (Phi) is 2.99. The molecule has 19 heavy (non-hydrogen) atoms. The summed E-state index contributed by atoms with van der Waals surface area (Å²) in [7, 11) is 0. The third-order valence-electron chi connectivity index (χ3n) is 5.07. The van der Waals surface area contributed by atoms with Gasteiger partial charge in [0.2, 0.25) is 0 Å². The maximum Gasteiger partial charge on any atom is 0.0427 e. The summed E-state index contributed by atoms with van der Waals surface area (Å²) in [4.78, 5) is 0. The highest BCUT2D eigenvalue weighted by molar-refractivity contribution is 5.56. The molecule has 0 amide bonds. The topological polar surface area (TPSA) is 24.1 Å². The van der Waals surface area contributed by atoms with Gasteiger partial charge in [-0.05, 0) is 68.0 Å². The van der Waals surface area contributed by atoms with Crippen LogP contribution in [0, 0.1) is 17.8 Å². The highest BCUT2D eigenvalue weighted by Crippen LogP contribution is 2.48. The molecule has 2 aliphatic carbocycles. The zero-order valence-electron chi connectivity index (χ0n) is 11.6. The molecule has 1 aromatic carbocycles. The summed E-state index contributed by atoms with van der Waals surface area (Å²) in [6.07, 6.45) is 7.17. The highest BCUT2D eigenvalue weighted by Gasteiger charge is 2.40. The quantitative estimate of drug-likeness (QED) is 0.817. The minimum Gasteiger partial charge on any atom is -0.380 e. The molecule has 4 rings (SSSR count). The van der Waals surface area contributed by atoms with Gasteiger partial charge in [-0.1, -0.05) is 18.2 Å². The molecule has 2 saturated carbocycles. The molecule has 2 nitrogen and oxygen atoms in total. The minimum absolute atomic E-state index is 0.594. The van der Waals surface area contributed by atoms with Crippen LogP contribution in [-0.4, -0.2) is 19.1 Å². The average molecular weight is 256 g/mol. The lowest BCUT2D eigenvalue weighted by molar-refractivity contribution is 0.376. The Bertz CT molecular complexity index is 411. The molecule has 0 aromatic heterocycles. The van der Waals surface area contributed by atoms with E-state index in [9.17, 15) is 0 Å². The van der Waals surface area contributed by atoms with E-state index in [1.165, 1.54) is 49.9 Å². The third kappa shape index (κ3) is 2.64. The van der Waals surface area contributed by atoms with Crippen molar-refractivity contribution in [3.63, 3.8) is 0 Å². The molecule has 0 bridgehead atoms. The van der Waals surface area contributed by atoms with E-state index in [4.69, 9.17) is 0 Å². The van der Waals surface area contributed by atoms with Crippen molar-refractivity contribution in [2.75, 3.05) is 18.4 Å². The first-order chi connectivity index (χ1) is 9.40. The van der Waals surface area contributed by atoms with Crippen molar-refractivity contribution in [2.45, 2.75) is 38.1 Å². The predicted molar refractivity (Wildman–Crippen MR) is 79.4 cm³/mol. The average Bonchev–Trinajstić information content (AvgIpc) is 3.32. The molecule has 3 aliphatic rings. The summed E-state index contributed by atoms with van der Waals surface area (Å²) < 4.78 is 0. The smallest absolute Gasteiger partial charge is 0.0427 e. The second-order valence-electron chi connectivity index (χ2n) is 6.70. The number of hydrogen-bond acceptors (Lipinski definition) is 2. The fourth-order valence-electron chi connectivity index (χ4n) is 3.69. The Balaban J connectivity index is 1.25. The fourth-order valence-corrected chi connectivity index (χ4v) is 3.69. The summed E-state index contributed by atoms with van der Waals surface area (Å²) >= 11 is 0. The van der Waals surface area contributed by atoms with Crippen LogP contribution < -0.4 is 10.6 Å². The number of anilines is 1. The molecule has 1 heterocycles. The Hall–Kier alpha value is -1.02. The third-order valence-corrected chi connectivity index (χ3v) is 5.07. The summed E-state index contributed by atoms with van der Waals surface area (Å²) in [5.74, 6) is 3.12. The number of para-hydroxylation sites is 1. The van der Waals surface area contributed by atoms with Gasteiger partial charge in [0.05, 0.1) is 0 Å². The molecule has 2 fully saturated rings. The van der Waals surface area contributed by atoms with Crippen molar-refractivity contribution in [3.05, 3.63) is 29.8 Å². The van der Waals surface area contributed by atoms with Crippen LogP contribution >= 0.6 is 0 Å². The zero-order valence-corrected chi connectivity index (χ0v) is 11.6. The van der Waals surface area contributed by atoms with E-state index in [0.29, 0.717) is 6.04 Å². The van der Waals surface area contributed by atoms with Gasteiger partial charge in [-0.15, -0.1) is 0 Å². The molecule has 2 heteroatoms. The van der Waals surface area contributed by atoms with E-state index in [0.717, 1.165) is 24.3 Å². The molecular weight excluding hydrogens is 232 g/mol. The van der Waals surface area contributed by atoms with Gasteiger partial charge in [0.15, 0.2) is 0 Å². The van der Waals surface area contributed by atoms with E-state index in [2.05, 4.69) is 34.9 Å². The fraction of sp³-hybridized carbons (Fsp3) is 0.647. The Labute approximate surface area is 116 Å². The van der Waals surface area contributed by atoms with Gasteiger partial charge in [-0.3, -0.25) is 0 Å². The van der Waals surface area contributed by atoms with Crippen molar-refractivity contribution in [1.82, 2.24) is 5.32 Å². The lowest BCUT2D eigenvalue weighted by Gasteiger charge is -2.18. The summed E-state index contributed by atoms with van der Waals surface area (Å²) in [6.45, 7) is 2.37. The molecule has 1 aromatic rings. The number of nitrogens with one attached hydrogen (secondary N) is 2. The van der Waals surface area contributed by atoms with E-state index >= 15 is 0 Å². The van der Waals surface area contributed by atoms with Crippen LogP contribution in [0.25, 0.3) is 0 Å². The number of rotatable bonds is 6. The molecule has 0 radical (unpaired) electrons. The zero-order chi connectivity index (χ0) is 12.7. The number of fused-ring (bicyclic) bond motifs is 1. The van der Waals surface area contributed by atoms with E-state index in [1.54, 1.807) is 0 Å². The van der Waals surface area contributed by atoms with Crippen LogP contribution in [0.4, 0.5) is 5.69 Å². The first-order valence-corrected chi connectivity index (χ1v) is 7.95. The number of hydrogen-bond donors (Lipinski definition) is 2. The van der Waals surface area contributed by atoms with Crippen LogP contribution in [-0.2, 0) is 6.42 Å². The van der Waals surface area contributed by atoms with Crippen molar-refractivity contribution < 1.29 is 0 Å². The Morgan fingerprint density at radius 2 is 1.84 bits per heavy atom. The van der Waals surface area contributed by atoms with Gasteiger partial charge in [0, 0.05) is 18.3 Å². The van der Waals surface area contributed by atoms with Crippen molar-refractivity contribution >= 4 is 5.69 Å². The monoisotopic (exact) mass is 256 g/mol. The van der Waals surface area contributed by atoms with Crippen LogP contribution in [0.15, 0.2) is 24.3 Å². The van der Waals surface area contributed by atoms with Gasteiger partial charge in [-0.2, -0.15) is 0 Å². The molecule has 1 unspecified atom stereocenters. The maximum absolute atomic E-state index is 3.74. The lowest BCUT2D eigenvalue weighted by Crippen LogP contribution is -2.35. The lowest BCUT2D eigenvalue weighted by atomic mass is 9.98. The van der Waals surface area contributed by atoms with Crippen molar-refractivity contribution in [3.8, 4) is 0 Å². The summed E-state index contributed by atoms with van der Waals surface area (Å²) in [5.41, 5.74) is 2.82. The van der Waals surface area contributed by atoms with E-state index in [-0.39, 0.29) is 0 Å². The molecule has 2 N–H and O–H groups in total. The van der Waals surface area contributed by atoms with Crippen LogP contribution in [0.5, 0.6) is 0 Å². The Morgan fingerprint density at radius 1 is 1.11 bits per heavy atom. The van der Waals surface area contributed by atoms with E-state index < -0.39 is 0 Å². The standard InChI is InChI=1S/C17H24N2/c1-2-4-17-14(3-1)9-15(19-17)10-18-11-16(12-5-6-12)13-7-8-13/h1-4,12-13,15-16,18-19H,5-11H2. The van der Waals surface area contributed by atoms with E-state index in [1.807, 2.05) is 0 Å². The second kappa shape index (κ2) is 4.82. The van der Waals surface area contributed by atoms with Gasteiger partial charge >= 0.3 is 0 Å². The van der Waals surface area contributed by atoms with Gasteiger partial charge in [0.1, 0.15) is 0 Å². The van der Waals surface area contributed by atoms with Crippen molar-refractivity contribution in [2.24, 2.45) is 17.8 Å². The maximum atomic E-state index is 3.74. The van der Waals surface area contributed by atoms with Gasteiger partial charge in [0.25, 0.3) is 0 Å². The van der Waals surface area contributed by atoms with Crippen molar-refractivity contribution in [1.29, 1.82) is 0 Å². The predicted octanol–water partition coefficient (Wildman–Crippen LogP) is 3.05. The first kappa shape index (κ1) is 11.8.